The van der Waals surface area contributed by atoms with Crippen molar-refractivity contribution in [3.8, 4) is 0 Å². The predicted molar refractivity (Wildman–Crippen MR) is 50.3 cm³/mol. The molecule has 0 aromatic rings. The summed E-state index contributed by atoms with van der Waals surface area (Å²) in [6.07, 6.45) is 2.54. The van der Waals surface area contributed by atoms with Crippen LogP contribution in [0.5, 0.6) is 0 Å². The van der Waals surface area contributed by atoms with Crippen molar-refractivity contribution in [1.29, 1.82) is 0 Å². The van der Waals surface area contributed by atoms with E-state index in [0.717, 1.165) is 25.9 Å². The molecule has 76 valence electrons. The van der Waals surface area contributed by atoms with Crippen LogP contribution >= 0.6 is 0 Å². The van der Waals surface area contributed by atoms with Gasteiger partial charge in [0.25, 0.3) is 0 Å². The summed E-state index contributed by atoms with van der Waals surface area (Å²) in [7, 11) is 0. The lowest BCUT2D eigenvalue weighted by Crippen LogP contribution is -2.41. The SMILES string of the molecule is CC[C@H](O[C@@H]1CCCNC1)C(N)=O. The molecule has 1 saturated heterocycles. The molecule has 1 aliphatic heterocycles. The first-order valence-electron chi connectivity index (χ1n) is 4.89. The molecular formula is C9H18N2O2. The first-order valence-corrected chi connectivity index (χ1v) is 4.89. The van der Waals surface area contributed by atoms with Crippen LogP contribution in [-0.4, -0.2) is 31.2 Å². The molecule has 13 heavy (non-hydrogen) atoms. The van der Waals surface area contributed by atoms with Crippen LogP contribution in [0.3, 0.4) is 0 Å². The summed E-state index contributed by atoms with van der Waals surface area (Å²) >= 11 is 0. The molecule has 0 aromatic carbocycles. The van der Waals surface area contributed by atoms with Crippen molar-refractivity contribution < 1.29 is 9.53 Å². The van der Waals surface area contributed by atoms with E-state index in [1.807, 2.05) is 6.92 Å². The minimum atomic E-state index is -0.412. The van der Waals surface area contributed by atoms with E-state index in [9.17, 15) is 4.79 Å². The molecule has 1 amide bonds. The number of nitrogens with two attached hydrogens (primary N) is 1. The summed E-state index contributed by atoms with van der Waals surface area (Å²) in [6, 6.07) is 0. The van der Waals surface area contributed by atoms with Gasteiger partial charge in [-0.15, -0.1) is 0 Å². The summed E-state index contributed by atoms with van der Waals surface area (Å²) in [5.74, 6) is -0.354. The summed E-state index contributed by atoms with van der Waals surface area (Å²) in [5.41, 5.74) is 5.18. The molecule has 0 bridgehead atoms. The average Bonchev–Trinajstić information content (AvgIpc) is 2.15. The van der Waals surface area contributed by atoms with Gasteiger partial charge in [0.15, 0.2) is 0 Å². The molecule has 0 spiro atoms. The van der Waals surface area contributed by atoms with Crippen LogP contribution in [-0.2, 0) is 9.53 Å². The van der Waals surface area contributed by atoms with Crippen molar-refractivity contribution >= 4 is 5.91 Å². The molecule has 0 aromatic heterocycles. The van der Waals surface area contributed by atoms with Gasteiger partial charge in [0.05, 0.1) is 6.10 Å². The Morgan fingerprint density at radius 2 is 2.54 bits per heavy atom. The van der Waals surface area contributed by atoms with Gasteiger partial charge in [-0.1, -0.05) is 6.92 Å². The fourth-order valence-corrected chi connectivity index (χ4v) is 1.53. The highest BCUT2D eigenvalue weighted by Crippen LogP contribution is 2.10. The number of carbonyl (C=O) groups excluding carboxylic acids is 1. The van der Waals surface area contributed by atoms with Gasteiger partial charge >= 0.3 is 0 Å². The molecule has 0 saturated carbocycles. The first-order chi connectivity index (χ1) is 6.24. The quantitative estimate of drug-likeness (QED) is 0.650. The molecule has 0 radical (unpaired) electrons. The van der Waals surface area contributed by atoms with Crippen molar-refractivity contribution in [2.75, 3.05) is 13.1 Å². The number of hydrogen-bond donors (Lipinski definition) is 2. The minimum Gasteiger partial charge on any atom is -0.367 e. The summed E-state index contributed by atoms with van der Waals surface area (Å²) in [5, 5.41) is 3.23. The number of hydrogen-bond acceptors (Lipinski definition) is 3. The van der Waals surface area contributed by atoms with E-state index in [4.69, 9.17) is 10.5 Å². The van der Waals surface area contributed by atoms with Gasteiger partial charge in [-0.05, 0) is 25.8 Å². The smallest absolute Gasteiger partial charge is 0.246 e. The monoisotopic (exact) mass is 186 g/mol. The van der Waals surface area contributed by atoms with Crippen molar-refractivity contribution in [3.63, 3.8) is 0 Å². The Kier molecular flexibility index (Phi) is 4.18. The van der Waals surface area contributed by atoms with Crippen molar-refractivity contribution in [2.24, 2.45) is 5.73 Å². The molecule has 3 N–H and O–H groups in total. The number of primary amides is 1. The van der Waals surface area contributed by atoms with Gasteiger partial charge in [0.2, 0.25) is 5.91 Å². The van der Waals surface area contributed by atoms with Gasteiger partial charge in [-0.25, -0.2) is 0 Å². The van der Waals surface area contributed by atoms with Crippen LogP contribution in [0, 0.1) is 0 Å². The lowest BCUT2D eigenvalue weighted by molar-refractivity contribution is -0.134. The Labute approximate surface area is 78.8 Å². The minimum absolute atomic E-state index is 0.159. The van der Waals surface area contributed by atoms with Gasteiger partial charge < -0.3 is 15.8 Å². The Morgan fingerprint density at radius 1 is 1.77 bits per heavy atom. The molecule has 2 atom stereocenters. The Hall–Kier alpha value is -0.610. The number of amides is 1. The number of carbonyl (C=O) groups is 1. The molecule has 0 unspecified atom stereocenters. The first kappa shape index (κ1) is 10.5. The average molecular weight is 186 g/mol. The fraction of sp³-hybridized carbons (Fsp3) is 0.889. The van der Waals surface area contributed by atoms with Crippen LogP contribution < -0.4 is 11.1 Å². The molecule has 0 aliphatic carbocycles. The largest absolute Gasteiger partial charge is 0.367 e. The maximum absolute atomic E-state index is 10.9. The van der Waals surface area contributed by atoms with Crippen LogP contribution in [0.1, 0.15) is 26.2 Å². The van der Waals surface area contributed by atoms with Crippen LogP contribution in [0.25, 0.3) is 0 Å². The third-order valence-electron chi connectivity index (χ3n) is 2.30. The molecule has 1 heterocycles. The summed E-state index contributed by atoms with van der Waals surface area (Å²) in [4.78, 5) is 10.9. The second-order valence-electron chi connectivity index (χ2n) is 3.40. The number of piperidine rings is 1. The van der Waals surface area contributed by atoms with E-state index >= 15 is 0 Å². The number of rotatable bonds is 4. The lowest BCUT2D eigenvalue weighted by atomic mass is 10.1. The second-order valence-corrected chi connectivity index (χ2v) is 3.40. The number of nitrogens with one attached hydrogen (secondary N) is 1. The molecule has 4 nitrogen and oxygen atoms in total. The molecular weight excluding hydrogens is 168 g/mol. The highest BCUT2D eigenvalue weighted by atomic mass is 16.5. The van der Waals surface area contributed by atoms with E-state index in [0.29, 0.717) is 6.42 Å². The molecule has 1 fully saturated rings. The van der Waals surface area contributed by atoms with Crippen LogP contribution in [0.4, 0.5) is 0 Å². The maximum atomic E-state index is 10.9. The Morgan fingerprint density at radius 3 is 3.00 bits per heavy atom. The number of ether oxygens (including phenoxy) is 1. The molecule has 4 heteroatoms. The van der Waals surface area contributed by atoms with Gasteiger partial charge in [0, 0.05) is 6.54 Å². The zero-order valence-corrected chi connectivity index (χ0v) is 8.08. The molecule has 1 rings (SSSR count). The van der Waals surface area contributed by atoms with Crippen molar-refractivity contribution in [1.82, 2.24) is 5.32 Å². The van der Waals surface area contributed by atoms with E-state index < -0.39 is 6.10 Å². The summed E-state index contributed by atoms with van der Waals surface area (Å²) < 4.78 is 5.56. The van der Waals surface area contributed by atoms with E-state index in [2.05, 4.69) is 5.32 Å². The van der Waals surface area contributed by atoms with E-state index in [1.54, 1.807) is 0 Å². The lowest BCUT2D eigenvalue weighted by Gasteiger charge is -2.26. The van der Waals surface area contributed by atoms with Gasteiger partial charge in [0.1, 0.15) is 6.10 Å². The highest BCUT2D eigenvalue weighted by molar-refractivity contribution is 5.78. The highest BCUT2D eigenvalue weighted by Gasteiger charge is 2.20. The van der Waals surface area contributed by atoms with Gasteiger partial charge in [-0.3, -0.25) is 4.79 Å². The third-order valence-corrected chi connectivity index (χ3v) is 2.30. The zero-order valence-electron chi connectivity index (χ0n) is 8.08. The van der Waals surface area contributed by atoms with Gasteiger partial charge in [-0.2, -0.15) is 0 Å². The van der Waals surface area contributed by atoms with E-state index in [-0.39, 0.29) is 12.0 Å². The fourth-order valence-electron chi connectivity index (χ4n) is 1.53. The molecule has 1 aliphatic rings. The standard InChI is InChI=1S/C9H18N2O2/c1-2-8(9(10)12)13-7-4-3-5-11-6-7/h7-8,11H,2-6H2,1H3,(H2,10,12)/t7-,8+/m1/s1. The third kappa shape index (κ3) is 3.32. The van der Waals surface area contributed by atoms with Crippen LogP contribution in [0.2, 0.25) is 0 Å². The predicted octanol–water partition coefficient (Wildman–Crippen LogP) is 0.0189. The topological polar surface area (TPSA) is 64.3 Å². The summed E-state index contributed by atoms with van der Waals surface area (Å²) in [6.45, 7) is 3.79. The zero-order chi connectivity index (χ0) is 9.68. The second kappa shape index (κ2) is 5.19. The Balaban J connectivity index is 2.31. The Bertz CT molecular complexity index is 167. The normalized spacial score (nSPS) is 25.5. The van der Waals surface area contributed by atoms with Crippen LogP contribution in [0.15, 0.2) is 0 Å². The maximum Gasteiger partial charge on any atom is 0.246 e. The van der Waals surface area contributed by atoms with E-state index in [1.165, 1.54) is 0 Å². The van der Waals surface area contributed by atoms with Crippen molar-refractivity contribution in [2.45, 2.75) is 38.4 Å². The van der Waals surface area contributed by atoms with Crippen molar-refractivity contribution in [3.05, 3.63) is 0 Å².